The normalized spacial score (nSPS) is 15.4. The molecular formula is C34H29FN4O6. The van der Waals surface area contributed by atoms with Gasteiger partial charge in [0.2, 0.25) is 11.8 Å². The second kappa shape index (κ2) is 11.7. The Morgan fingerprint density at radius 1 is 1.02 bits per heavy atom. The zero-order chi connectivity index (χ0) is 31.1. The summed E-state index contributed by atoms with van der Waals surface area (Å²) in [6.07, 6.45) is 2.27. The number of carboxylic acid groups (broad SMARTS) is 1. The van der Waals surface area contributed by atoms with Crippen molar-refractivity contribution in [3.05, 3.63) is 106 Å². The summed E-state index contributed by atoms with van der Waals surface area (Å²) < 4.78 is 34.2. The molecule has 2 aromatic heterocycles. The first-order valence-electron chi connectivity index (χ1n) is 14.6. The molecule has 0 spiro atoms. The van der Waals surface area contributed by atoms with Gasteiger partial charge in [0.25, 0.3) is 0 Å². The molecule has 7 rings (SSSR count). The number of carbonyl (C=O) groups excluding carboxylic acids is 1. The van der Waals surface area contributed by atoms with Gasteiger partial charge in [0.05, 0.1) is 41.5 Å². The van der Waals surface area contributed by atoms with E-state index >= 15 is 0 Å². The molecule has 45 heavy (non-hydrogen) atoms. The fourth-order valence-corrected chi connectivity index (χ4v) is 5.79. The highest BCUT2D eigenvalue weighted by Gasteiger charge is 2.26. The lowest BCUT2D eigenvalue weighted by Gasteiger charge is -2.27. The van der Waals surface area contributed by atoms with Gasteiger partial charge in [0, 0.05) is 47.8 Å². The van der Waals surface area contributed by atoms with Crippen molar-refractivity contribution in [2.24, 2.45) is 5.73 Å². The summed E-state index contributed by atoms with van der Waals surface area (Å²) in [6.45, 7) is 1.78. The molecule has 0 saturated carbocycles. The second-order valence-electron chi connectivity index (χ2n) is 11.1. The molecule has 4 heterocycles. The lowest BCUT2D eigenvalue weighted by molar-refractivity contribution is -0.0589. The predicted molar refractivity (Wildman–Crippen MR) is 162 cm³/mol. The van der Waals surface area contributed by atoms with Gasteiger partial charge in [0.1, 0.15) is 24.0 Å². The lowest BCUT2D eigenvalue weighted by Crippen LogP contribution is -2.31. The maximum Gasteiger partial charge on any atom is 0.335 e. The van der Waals surface area contributed by atoms with Crippen LogP contribution in [0.15, 0.2) is 66.7 Å². The Bertz CT molecular complexity index is 1970. The van der Waals surface area contributed by atoms with Crippen LogP contribution in [0.1, 0.15) is 49.7 Å². The molecule has 2 aliphatic heterocycles. The molecule has 10 nitrogen and oxygen atoms in total. The fraction of sp³-hybridized carbons (Fsp3) is 0.235. The number of hydrogen-bond donors (Lipinski definition) is 2. The van der Waals surface area contributed by atoms with E-state index in [0.717, 1.165) is 64.8 Å². The molecule has 1 saturated heterocycles. The van der Waals surface area contributed by atoms with Crippen molar-refractivity contribution in [2.45, 2.75) is 38.5 Å². The number of aromatic nitrogens is 3. The van der Waals surface area contributed by atoms with Crippen LogP contribution in [0.25, 0.3) is 22.3 Å². The van der Waals surface area contributed by atoms with Crippen molar-refractivity contribution in [2.75, 3.05) is 13.2 Å². The van der Waals surface area contributed by atoms with Crippen molar-refractivity contribution >= 4 is 22.9 Å². The molecule has 11 heteroatoms. The van der Waals surface area contributed by atoms with Crippen LogP contribution in [-0.2, 0) is 30.7 Å². The third-order valence-electron chi connectivity index (χ3n) is 8.27. The first kappa shape index (κ1) is 28.5. The molecule has 1 atom stereocenters. The summed E-state index contributed by atoms with van der Waals surface area (Å²) in [5.74, 6) is -0.369. The number of pyridine rings is 1. The van der Waals surface area contributed by atoms with Crippen molar-refractivity contribution < 1.29 is 33.3 Å². The Morgan fingerprint density at radius 2 is 1.84 bits per heavy atom. The monoisotopic (exact) mass is 608 g/mol. The van der Waals surface area contributed by atoms with E-state index in [1.54, 1.807) is 24.3 Å². The summed E-state index contributed by atoms with van der Waals surface area (Å²) in [7, 11) is 0. The van der Waals surface area contributed by atoms with Crippen LogP contribution in [0, 0.1) is 5.82 Å². The number of primary amides is 1. The first-order chi connectivity index (χ1) is 21.8. The number of imidazole rings is 1. The predicted octanol–water partition coefficient (Wildman–Crippen LogP) is 4.93. The van der Waals surface area contributed by atoms with Gasteiger partial charge >= 0.3 is 5.97 Å². The first-order valence-corrected chi connectivity index (χ1v) is 14.6. The Morgan fingerprint density at radius 3 is 2.60 bits per heavy atom. The molecule has 1 amide bonds. The standard InChI is InChI=1S/C34H29FN4O6/c35-26-14-20(33(36)40)4-5-22(26)18-45-31-3-1-2-27(38-31)25-8-6-19(24-11-13-44-32(24)25)16-30-37-28-9-7-21(34(41)42)15-29(28)39(30)17-23-10-12-43-23/h1-9,14-15,23H,10-13,16-18H2,(H2,36,40)(H,41,42)/t23-/m0/s1. The van der Waals surface area contributed by atoms with Crippen molar-refractivity contribution in [1.82, 2.24) is 14.5 Å². The molecule has 2 aliphatic rings. The number of halogens is 1. The highest BCUT2D eigenvalue weighted by Crippen LogP contribution is 2.39. The number of fused-ring (bicyclic) bond motifs is 2. The number of nitrogens with two attached hydrogens (primary N) is 1. The molecule has 5 aromatic rings. The number of carbonyl (C=O) groups is 2. The molecule has 228 valence electrons. The van der Waals surface area contributed by atoms with Gasteiger partial charge in [0.15, 0.2) is 0 Å². The van der Waals surface area contributed by atoms with E-state index in [0.29, 0.717) is 31.1 Å². The minimum Gasteiger partial charge on any atom is -0.492 e. The number of rotatable bonds is 10. The van der Waals surface area contributed by atoms with Crippen LogP contribution >= 0.6 is 0 Å². The van der Waals surface area contributed by atoms with E-state index in [1.807, 2.05) is 18.2 Å². The minimum atomic E-state index is -0.981. The third kappa shape index (κ3) is 5.58. The largest absolute Gasteiger partial charge is 0.492 e. The number of amides is 1. The average Bonchev–Trinajstić information content (AvgIpc) is 3.63. The van der Waals surface area contributed by atoms with Crippen LogP contribution < -0.4 is 15.2 Å². The van der Waals surface area contributed by atoms with E-state index in [9.17, 15) is 19.1 Å². The molecular weight excluding hydrogens is 579 g/mol. The Kier molecular flexibility index (Phi) is 7.38. The van der Waals surface area contributed by atoms with Gasteiger partial charge in [-0.3, -0.25) is 4.79 Å². The van der Waals surface area contributed by atoms with Crippen LogP contribution in [0.3, 0.4) is 0 Å². The van der Waals surface area contributed by atoms with Gasteiger partial charge in [-0.05, 0) is 54.4 Å². The van der Waals surface area contributed by atoms with Crippen LogP contribution in [0.5, 0.6) is 11.6 Å². The second-order valence-corrected chi connectivity index (χ2v) is 11.1. The third-order valence-corrected chi connectivity index (χ3v) is 8.27. The highest BCUT2D eigenvalue weighted by atomic mass is 19.1. The van der Waals surface area contributed by atoms with Crippen molar-refractivity contribution in [3.8, 4) is 22.9 Å². The molecule has 0 aliphatic carbocycles. The van der Waals surface area contributed by atoms with Crippen LogP contribution in [0.4, 0.5) is 4.39 Å². The van der Waals surface area contributed by atoms with E-state index in [4.69, 9.17) is 24.9 Å². The van der Waals surface area contributed by atoms with E-state index in [1.165, 1.54) is 12.1 Å². The van der Waals surface area contributed by atoms with Gasteiger partial charge < -0.3 is 29.6 Å². The minimum absolute atomic E-state index is 0.0672. The lowest BCUT2D eigenvalue weighted by atomic mass is 9.97. The van der Waals surface area contributed by atoms with Gasteiger partial charge in [-0.1, -0.05) is 18.2 Å². The Balaban J connectivity index is 1.16. The molecule has 0 unspecified atom stereocenters. The zero-order valence-corrected chi connectivity index (χ0v) is 24.2. The molecule has 3 aromatic carbocycles. The van der Waals surface area contributed by atoms with Gasteiger partial charge in [-0.2, -0.15) is 0 Å². The summed E-state index contributed by atoms with van der Waals surface area (Å²) in [5.41, 5.74) is 10.9. The zero-order valence-electron chi connectivity index (χ0n) is 24.2. The fourth-order valence-electron chi connectivity index (χ4n) is 5.79. The topological polar surface area (TPSA) is 139 Å². The van der Waals surface area contributed by atoms with Crippen LogP contribution in [-0.4, -0.2) is 50.8 Å². The van der Waals surface area contributed by atoms with Gasteiger partial charge in [-0.15, -0.1) is 0 Å². The number of hydrogen-bond acceptors (Lipinski definition) is 7. The van der Waals surface area contributed by atoms with Crippen molar-refractivity contribution in [1.29, 1.82) is 0 Å². The molecule has 1 fully saturated rings. The van der Waals surface area contributed by atoms with Gasteiger partial charge in [-0.25, -0.2) is 19.2 Å². The van der Waals surface area contributed by atoms with E-state index < -0.39 is 17.7 Å². The highest BCUT2D eigenvalue weighted by molar-refractivity contribution is 5.93. The average molecular weight is 609 g/mol. The van der Waals surface area contributed by atoms with Crippen molar-refractivity contribution in [3.63, 3.8) is 0 Å². The molecule has 0 bridgehead atoms. The number of nitrogens with zero attached hydrogens (tertiary/aromatic N) is 3. The van der Waals surface area contributed by atoms with Crippen LogP contribution in [0.2, 0.25) is 0 Å². The maximum absolute atomic E-state index is 14.5. The maximum atomic E-state index is 14.5. The quantitative estimate of drug-likeness (QED) is 0.228. The summed E-state index contributed by atoms with van der Waals surface area (Å²) in [4.78, 5) is 32.6. The smallest absolute Gasteiger partial charge is 0.335 e. The SMILES string of the molecule is NC(=O)c1ccc(COc2cccc(-c3ccc(Cc4nc5ccc(C(=O)O)cc5n4C[C@@H]4CCO4)c4c3OCC4)n2)c(F)c1. The number of aromatic carboxylic acids is 1. The molecule has 3 N–H and O–H groups in total. The van der Waals surface area contributed by atoms with E-state index in [2.05, 4.69) is 15.6 Å². The number of carboxylic acids is 1. The number of ether oxygens (including phenoxy) is 3. The Hall–Kier alpha value is -5.29. The summed E-state index contributed by atoms with van der Waals surface area (Å²) in [5, 5.41) is 9.57. The summed E-state index contributed by atoms with van der Waals surface area (Å²) >= 11 is 0. The Labute approximate surface area is 257 Å². The van der Waals surface area contributed by atoms with E-state index in [-0.39, 0.29) is 29.4 Å². The molecule has 0 radical (unpaired) electrons. The summed E-state index contributed by atoms with van der Waals surface area (Å²) in [6, 6.07) is 18.4. The number of benzene rings is 3.